The zero-order valence-electron chi connectivity index (χ0n) is 15.7. The quantitative estimate of drug-likeness (QED) is 0.826. The molecular formula is C21H24N2O2S. The van der Waals surface area contributed by atoms with Crippen LogP contribution in [-0.4, -0.2) is 13.0 Å². The summed E-state index contributed by atoms with van der Waals surface area (Å²) in [5, 5.41) is 13.2. The topological polar surface area (TPSA) is 62.1 Å². The molecular weight excluding hydrogens is 344 g/mol. The van der Waals surface area contributed by atoms with Crippen LogP contribution in [0.4, 0.5) is 5.00 Å². The molecule has 0 unspecified atom stereocenters. The maximum absolute atomic E-state index is 12.7. The number of benzene rings is 1. The van der Waals surface area contributed by atoms with E-state index in [1.165, 1.54) is 4.88 Å². The van der Waals surface area contributed by atoms with Crippen LogP contribution in [0.2, 0.25) is 0 Å². The Morgan fingerprint density at radius 2 is 2.08 bits per heavy atom. The summed E-state index contributed by atoms with van der Waals surface area (Å²) in [5.74, 6) is 0.875. The van der Waals surface area contributed by atoms with E-state index >= 15 is 0 Å². The lowest BCUT2D eigenvalue weighted by Crippen LogP contribution is -2.26. The van der Waals surface area contributed by atoms with Crippen molar-refractivity contribution in [1.29, 1.82) is 5.26 Å². The monoisotopic (exact) mass is 368 g/mol. The zero-order chi connectivity index (χ0) is 18.9. The zero-order valence-corrected chi connectivity index (χ0v) is 16.5. The molecule has 3 rings (SSSR count). The Bertz CT molecular complexity index is 871. The number of carbonyl (C=O) groups excluding carboxylic acids is 1. The molecule has 26 heavy (non-hydrogen) atoms. The third-order valence-corrected chi connectivity index (χ3v) is 6.35. The molecule has 4 nitrogen and oxygen atoms in total. The number of ether oxygens (including phenoxy) is 1. The van der Waals surface area contributed by atoms with Gasteiger partial charge in [-0.25, -0.2) is 0 Å². The van der Waals surface area contributed by atoms with Crippen molar-refractivity contribution in [1.82, 2.24) is 0 Å². The van der Waals surface area contributed by atoms with Crippen LogP contribution in [0, 0.1) is 22.7 Å². The van der Waals surface area contributed by atoms with Gasteiger partial charge >= 0.3 is 0 Å². The van der Waals surface area contributed by atoms with Crippen LogP contribution < -0.4 is 10.1 Å². The molecule has 0 radical (unpaired) electrons. The van der Waals surface area contributed by atoms with Gasteiger partial charge in [-0.15, -0.1) is 11.3 Å². The lowest BCUT2D eigenvalue weighted by molar-refractivity contribution is 0.102. The second-order valence-electron chi connectivity index (χ2n) is 7.78. The highest BCUT2D eigenvalue weighted by atomic mass is 32.1. The van der Waals surface area contributed by atoms with Gasteiger partial charge in [-0.2, -0.15) is 5.26 Å². The molecule has 1 amide bonds. The maximum Gasteiger partial charge on any atom is 0.260 e. The molecule has 1 aromatic heterocycles. The summed E-state index contributed by atoms with van der Waals surface area (Å²) in [4.78, 5) is 13.9. The molecule has 1 aliphatic rings. The summed E-state index contributed by atoms with van der Waals surface area (Å²) in [6.07, 6.45) is 2.96. The Balaban J connectivity index is 1.89. The Labute approximate surface area is 158 Å². The van der Waals surface area contributed by atoms with Gasteiger partial charge in [0, 0.05) is 4.88 Å². The van der Waals surface area contributed by atoms with Crippen molar-refractivity contribution in [3.05, 3.63) is 45.8 Å². The Kier molecular flexibility index (Phi) is 5.06. The van der Waals surface area contributed by atoms with Crippen molar-refractivity contribution in [2.45, 2.75) is 40.0 Å². The highest BCUT2D eigenvalue weighted by Gasteiger charge is 2.32. The second kappa shape index (κ2) is 7.13. The Hall–Kier alpha value is -2.32. The summed E-state index contributed by atoms with van der Waals surface area (Å²) < 4.78 is 5.27. The average Bonchev–Trinajstić information content (AvgIpc) is 2.96. The first-order valence-electron chi connectivity index (χ1n) is 8.84. The number of carbonyl (C=O) groups is 1. The summed E-state index contributed by atoms with van der Waals surface area (Å²) in [5.41, 5.74) is 2.46. The third-order valence-electron chi connectivity index (χ3n) is 5.18. The van der Waals surface area contributed by atoms with Gasteiger partial charge in [-0.05, 0) is 48.3 Å². The van der Waals surface area contributed by atoms with Crippen molar-refractivity contribution in [3.8, 4) is 11.8 Å². The van der Waals surface area contributed by atoms with Crippen LogP contribution in [0.3, 0.4) is 0 Å². The first kappa shape index (κ1) is 18.5. The van der Waals surface area contributed by atoms with E-state index in [0.29, 0.717) is 27.8 Å². The molecule has 2 aromatic rings. The van der Waals surface area contributed by atoms with Gasteiger partial charge in [-0.3, -0.25) is 4.79 Å². The number of hydrogen-bond donors (Lipinski definition) is 1. The number of anilines is 1. The molecule has 0 bridgehead atoms. The Morgan fingerprint density at radius 3 is 2.73 bits per heavy atom. The minimum absolute atomic E-state index is 0.245. The fraction of sp³-hybridized carbons (Fsp3) is 0.429. The standard InChI is InChI=1S/C21H24N2O2S/c1-21(2,3)13-9-10-14-16(12-22)20(26-18(14)11-13)23-19(24)15-7-5-6-8-17(15)25-4/h5-8,13H,9-11H2,1-4H3,(H,23,24)/t13-/m1/s1. The van der Waals surface area contributed by atoms with Gasteiger partial charge in [0.2, 0.25) is 0 Å². The van der Waals surface area contributed by atoms with Crippen molar-refractivity contribution in [2.24, 2.45) is 11.3 Å². The van der Waals surface area contributed by atoms with Crippen LogP contribution in [0.1, 0.15) is 53.6 Å². The molecule has 1 aromatic carbocycles. The van der Waals surface area contributed by atoms with E-state index < -0.39 is 0 Å². The van der Waals surface area contributed by atoms with E-state index in [0.717, 1.165) is 24.8 Å². The van der Waals surface area contributed by atoms with Gasteiger partial charge in [0.15, 0.2) is 0 Å². The number of nitriles is 1. The predicted molar refractivity (Wildman–Crippen MR) is 105 cm³/mol. The third kappa shape index (κ3) is 3.47. The molecule has 1 N–H and O–H groups in total. The fourth-order valence-electron chi connectivity index (χ4n) is 3.53. The number of thiophene rings is 1. The largest absolute Gasteiger partial charge is 0.496 e. The highest BCUT2D eigenvalue weighted by molar-refractivity contribution is 7.16. The molecule has 1 heterocycles. The van der Waals surface area contributed by atoms with Crippen molar-refractivity contribution in [2.75, 3.05) is 12.4 Å². The number of nitrogens with zero attached hydrogens (tertiary/aromatic N) is 1. The number of methoxy groups -OCH3 is 1. The number of fused-ring (bicyclic) bond motifs is 1. The van der Waals surface area contributed by atoms with Gasteiger partial charge in [0.05, 0.1) is 18.2 Å². The van der Waals surface area contributed by atoms with E-state index in [-0.39, 0.29) is 11.3 Å². The average molecular weight is 369 g/mol. The smallest absolute Gasteiger partial charge is 0.260 e. The lowest BCUT2D eigenvalue weighted by atomic mass is 9.72. The first-order chi connectivity index (χ1) is 12.3. The predicted octanol–water partition coefficient (Wildman–Crippen LogP) is 5.03. The minimum Gasteiger partial charge on any atom is -0.496 e. The fourth-order valence-corrected chi connectivity index (χ4v) is 4.81. The van der Waals surface area contributed by atoms with Crippen molar-refractivity contribution < 1.29 is 9.53 Å². The molecule has 0 aliphatic heterocycles. The van der Waals surface area contributed by atoms with Gasteiger partial charge in [0.1, 0.15) is 16.8 Å². The number of nitrogens with one attached hydrogen (secondary N) is 1. The molecule has 136 valence electrons. The van der Waals surface area contributed by atoms with Gasteiger partial charge < -0.3 is 10.1 Å². The van der Waals surface area contributed by atoms with Crippen LogP contribution in [0.25, 0.3) is 0 Å². The molecule has 5 heteroatoms. The van der Waals surface area contributed by atoms with Gasteiger partial charge in [0.25, 0.3) is 5.91 Å². The second-order valence-corrected chi connectivity index (χ2v) is 8.89. The van der Waals surface area contributed by atoms with Gasteiger partial charge in [-0.1, -0.05) is 32.9 Å². The normalized spacial score (nSPS) is 16.5. The van der Waals surface area contributed by atoms with Crippen LogP contribution in [-0.2, 0) is 12.8 Å². The SMILES string of the molecule is COc1ccccc1C(=O)Nc1sc2c(c1C#N)CC[C@@H](C(C)(C)C)C2. The number of amides is 1. The number of para-hydroxylation sites is 1. The van der Waals surface area contributed by atoms with Crippen LogP contribution in [0.15, 0.2) is 24.3 Å². The van der Waals surface area contributed by atoms with E-state index in [4.69, 9.17) is 4.74 Å². The van der Waals surface area contributed by atoms with Crippen molar-refractivity contribution in [3.63, 3.8) is 0 Å². The summed E-state index contributed by atoms with van der Waals surface area (Å²) in [6.45, 7) is 6.81. The molecule has 0 saturated heterocycles. The van der Waals surface area contributed by atoms with Crippen LogP contribution >= 0.6 is 11.3 Å². The number of rotatable bonds is 3. The van der Waals surface area contributed by atoms with Crippen LogP contribution in [0.5, 0.6) is 5.75 Å². The Morgan fingerprint density at radius 1 is 1.35 bits per heavy atom. The minimum atomic E-state index is -0.245. The summed E-state index contributed by atoms with van der Waals surface area (Å²) in [7, 11) is 1.54. The summed E-state index contributed by atoms with van der Waals surface area (Å²) in [6, 6.07) is 9.42. The molecule has 0 fully saturated rings. The highest BCUT2D eigenvalue weighted by Crippen LogP contribution is 2.44. The van der Waals surface area contributed by atoms with E-state index in [2.05, 4.69) is 32.2 Å². The van der Waals surface area contributed by atoms with E-state index in [9.17, 15) is 10.1 Å². The van der Waals surface area contributed by atoms with Crippen molar-refractivity contribution >= 4 is 22.2 Å². The number of hydrogen-bond acceptors (Lipinski definition) is 4. The first-order valence-corrected chi connectivity index (χ1v) is 9.65. The molecule has 1 atom stereocenters. The van der Waals surface area contributed by atoms with E-state index in [1.807, 2.05) is 6.07 Å². The van der Waals surface area contributed by atoms with E-state index in [1.54, 1.807) is 36.6 Å². The summed E-state index contributed by atoms with van der Waals surface area (Å²) >= 11 is 1.55. The molecule has 1 aliphatic carbocycles. The maximum atomic E-state index is 12.7. The molecule has 0 spiro atoms. The lowest BCUT2D eigenvalue weighted by Gasteiger charge is -2.33. The molecule has 0 saturated carbocycles.